The third-order valence-electron chi connectivity index (χ3n) is 3.57. The van der Waals surface area contributed by atoms with Crippen molar-refractivity contribution in [3.63, 3.8) is 0 Å². The number of ether oxygens (including phenoxy) is 1. The number of hydrogen-bond donors (Lipinski definition) is 3. The van der Waals surface area contributed by atoms with Crippen molar-refractivity contribution in [2.75, 3.05) is 7.11 Å². The zero-order valence-electron chi connectivity index (χ0n) is 11.4. The van der Waals surface area contributed by atoms with Gasteiger partial charge in [-0.05, 0) is 37.5 Å². The average molecular weight is 315 g/mol. The fourth-order valence-electron chi connectivity index (χ4n) is 2.46. The molecule has 1 fully saturated rings. The van der Waals surface area contributed by atoms with E-state index in [-0.39, 0.29) is 17.0 Å². The van der Waals surface area contributed by atoms with Crippen LogP contribution in [-0.4, -0.2) is 43.9 Å². The fourth-order valence-corrected chi connectivity index (χ4v) is 3.79. The second-order valence-corrected chi connectivity index (χ2v) is 6.63. The SMILES string of the molecule is COC1CCCC1NS(=O)(=O)c1ccc(O)c(C(=O)O)c1. The normalized spacial score (nSPS) is 22.3. The van der Waals surface area contributed by atoms with Crippen LogP contribution >= 0.6 is 0 Å². The zero-order chi connectivity index (χ0) is 15.6. The Morgan fingerprint density at radius 3 is 2.71 bits per heavy atom. The van der Waals surface area contributed by atoms with Gasteiger partial charge in [-0.1, -0.05) is 0 Å². The minimum Gasteiger partial charge on any atom is -0.507 e. The molecule has 3 N–H and O–H groups in total. The minimum atomic E-state index is -3.86. The van der Waals surface area contributed by atoms with Crippen LogP contribution in [0.3, 0.4) is 0 Å². The predicted octanol–water partition coefficient (Wildman–Crippen LogP) is 0.936. The van der Waals surface area contributed by atoms with Crippen LogP contribution in [0.4, 0.5) is 0 Å². The number of hydrogen-bond acceptors (Lipinski definition) is 5. The number of methoxy groups -OCH3 is 1. The van der Waals surface area contributed by atoms with Gasteiger partial charge in [0.05, 0.1) is 11.0 Å². The van der Waals surface area contributed by atoms with Gasteiger partial charge in [-0.25, -0.2) is 17.9 Å². The highest BCUT2D eigenvalue weighted by Crippen LogP contribution is 2.25. The van der Waals surface area contributed by atoms with E-state index >= 15 is 0 Å². The molecule has 8 heteroatoms. The highest BCUT2D eigenvalue weighted by atomic mass is 32.2. The number of sulfonamides is 1. The summed E-state index contributed by atoms with van der Waals surface area (Å²) < 4.78 is 32.3. The molecule has 1 aliphatic rings. The van der Waals surface area contributed by atoms with Gasteiger partial charge in [0.15, 0.2) is 0 Å². The number of nitrogens with one attached hydrogen (secondary N) is 1. The molecular weight excluding hydrogens is 298 g/mol. The quantitative estimate of drug-likeness (QED) is 0.745. The second-order valence-electron chi connectivity index (χ2n) is 4.92. The number of carboxylic acid groups (broad SMARTS) is 1. The first-order chi connectivity index (χ1) is 9.85. The number of aromatic hydroxyl groups is 1. The number of carboxylic acids is 1. The van der Waals surface area contributed by atoms with E-state index in [2.05, 4.69) is 4.72 Å². The first kappa shape index (κ1) is 15.7. The number of phenols is 1. The molecular formula is C13H17NO6S. The smallest absolute Gasteiger partial charge is 0.339 e. The Morgan fingerprint density at radius 1 is 1.38 bits per heavy atom. The minimum absolute atomic E-state index is 0.184. The van der Waals surface area contributed by atoms with Gasteiger partial charge in [-0.15, -0.1) is 0 Å². The summed E-state index contributed by atoms with van der Waals surface area (Å²) in [6, 6.07) is 2.83. The lowest BCUT2D eigenvalue weighted by Crippen LogP contribution is -2.40. The lowest BCUT2D eigenvalue weighted by atomic mass is 10.2. The van der Waals surface area contributed by atoms with E-state index < -0.39 is 27.3 Å². The summed E-state index contributed by atoms with van der Waals surface area (Å²) in [5.74, 6) is -1.86. The maximum atomic E-state index is 12.3. The third kappa shape index (κ3) is 3.34. The van der Waals surface area contributed by atoms with Crippen molar-refractivity contribution < 1.29 is 28.2 Å². The van der Waals surface area contributed by atoms with E-state index in [1.165, 1.54) is 13.2 Å². The van der Waals surface area contributed by atoms with Crippen molar-refractivity contribution in [3.8, 4) is 5.75 Å². The van der Waals surface area contributed by atoms with Crippen LogP contribution in [0.15, 0.2) is 23.1 Å². The Hall–Kier alpha value is -1.64. The van der Waals surface area contributed by atoms with Gasteiger partial charge in [0.25, 0.3) is 0 Å². The summed E-state index contributed by atoms with van der Waals surface area (Å²) in [6.45, 7) is 0. The molecule has 1 aromatic rings. The lowest BCUT2D eigenvalue weighted by Gasteiger charge is -2.19. The van der Waals surface area contributed by atoms with Gasteiger partial charge in [0, 0.05) is 13.2 Å². The van der Waals surface area contributed by atoms with Crippen molar-refractivity contribution >= 4 is 16.0 Å². The van der Waals surface area contributed by atoms with Gasteiger partial charge in [0.1, 0.15) is 11.3 Å². The number of carbonyl (C=O) groups is 1. The molecule has 116 valence electrons. The molecule has 0 heterocycles. The van der Waals surface area contributed by atoms with Gasteiger partial charge >= 0.3 is 5.97 Å². The lowest BCUT2D eigenvalue weighted by molar-refractivity contribution is 0.0693. The molecule has 0 spiro atoms. The summed E-state index contributed by atoms with van der Waals surface area (Å²) in [5.41, 5.74) is -0.451. The Morgan fingerprint density at radius 2 is 2.10 bits per heavy atom. The molecule has 7 nitrogen and oxygen atoms in total. The maximum Gasteiger partial charge on any atom is 0.339 e. The molecule has 2 rings (SSSR count). The molecule has 21 heavy (non-hydrogen) atoms. The van der Waals surface area contributed by atoms with Crippen LogP contribution in [0.25, 0.3) is 0 Å². The van der Waals surface area contributed by atoms with E-state index in [0.29, 0.717) is 6.42 Å². The van der Waals surface area contributed by atoms with E-state index in [0.717, 1.165) is 25.0 Å². The summed E-state index contributed by atoms with van der Waals surface area (Å²) in [6.07, 6.45) is 2.12. The van der Waals surface area contributed by atoms with Gasteiger partial charge < -0.3 is 14.9 Å². The van der Waals surface area contributed by atoms with Crippen molar-refractivity contribution in [2.24, 2.45) is 0 Å². The fraction of sp³-hybridized carbons (Fsp3) is 0.462. The van der Waals surface area contributed by atoms with Gasteiger partial charge in [-0.2, -0.15) is 0 Å². The van der Waals surface area contributed by atoms with E-state index in [1.807, 2.05) is 0 Å². The number of rotatable bonds is 5. The molecule has 1 saturated carbocycles. The number of aromatic carboxylic acids is 1. The first-order valence-electron chi connectivity index (χ1n) is 6.46. The maximum absolute atomic E-state index is 12.3. The van der Waals surface area contributed by atoms with Crippen molar-refractivity contribution in [2.45, 2.75) is 36.3 Å². The van der Waals surface area contributed by atoms with E-state index in [1.54, 1.807) is 0 Å². The summed E-state index contributed by atoms with van der Waals surface area (Å²) in [4.78, 5) is 10.8. The van der Waals surface area contributed by atoms with Crippen molar-refractivity contribution in [1.29, 1.82) is 0 Å². The topological polar surface area (TPSA) is 113 Å². The Kier molecular flexibility index (Phi) is 4.50. The third-order valence-corrected chi connectivity index (χ3v) is 5.06. The van der Waals surface area contributed by atoms with E-state index in [4.69, 9.17) is 9.84 Å². The van der Waals surface area contributed by atoms with Crippen molar-refractivity contribution in [1.82, 2.24) is 4.72 Å². The highest BCUT2D eigenvalue weighted by molar-refractivity contribution is 7.89. The van der Waals surface area contributed by atoms with E-state index in [9.17, 15) is 18.3 Å². The van der Waals surface area contributed by atoms with Gasteiger partial charge in [0.2, 0.25) is 10.0 Å². The van der Waals surface area contributed by atoms with Crippen LogP contribution in [0, 0.1) is 0 Å². The molecule has 2 unspecified atom stereocenters. The molecule has 0 bridgehead atoms. The Labute approximate surface area is 122 Å². The molecule has 2 atom stereocenters. The van der Waals surface area contributed by atoms with Crippen LogP contribution in [0.2, 0.25) is 0 Å². The highest BCUT2D eigenvalue weighted by Gasteiger charge is 2.31. The zero-order valence-corrected chi connectivity index (χ0v) is 12.3. The second kappa shape index (κ2) is 6.00. The first-order valence-corrected chi connectivity index (χ1v) is 7.95. The summed E-state index contributed by atoms with van der Waals surface area (Å²) >= 11 is 0. The van der Waals surface area contributed by atoms with Crippen LogP contribution < -0.4 is 4.72 Å². The largest absolute Gasteiger partial charge is 0.507 e. The standard InChI is InChI=1S/C13H17NO6S/c1-20-12-4-2-3-10(12)14-21(18,19)8-5-6-11(15)9(7-8)13(16)17/h5-7,10,12,14-15H,2-4H2,1H3,(H,16,17). The molecule has 1 aliphatic carbocycles. The monoisotopic (exact) mass is 315 g/mol. The molecule has 0 amide bonds. The number of benzene rings is 1. The molecule has 0 aliphatic heterocycles. The molecule has 0 aromatic heterocycles. The molecule has 0 radical (unpaired) electrons. The van der Waals surface area contributed by atoms with Crippen LogP contribution in [0.5, 0.6) is 5.75 Å². The van der Waals surface area contributed by atoms with Crippen LogP contribution in [0.1, 0.15) is 29.6 Å². The molecule has 0 saturated heterocycles. The Balaban J connectivity index is 2.27. The predicted molar refractivity (Wildman–Crippen MR) is 73.8 cm³/mol. The molecule has 1 aromatic carbocycles. The summed E-state index contributed by atoms with van der Waals surface area (Å²) in [7, 11) is -2.34. The van der Waals surface area contributed by atoms with Crippen molar-refractivity contribution in [3.05, 3.63) is 23.8 Å². The van der Waals surface area contributed by atoms with Crippen LogP contribution in [-0.2, 0) is 14.8 Å². The Bertz CT molecular complexity index is 642. The summed E-state index contributed by atoms with van der Waals surface area (Å²) in [5, 5.41) is 18.3. The van der Waals surface area contributed by atoms with Gasteiger partial charge in [-0.3, -0.25) is 0 Å². The average Bonchev–Trinajstić information content (AvgIpc) is 2.85.